The predicted octanol–water partition coefficient (Wildman–Crippen LogP) is 3.00. The maximum Gasteiger partial charge on any atom is 0.0813 e. The van der Waals surface area contributed by atoms with Crippen molar-refractivity contribution in [2.75, 3.05) is 0 Å². The van der Waals surface area contributed by atoms with E-state index >= 15 is 0 Å². The molecule has 0 radical (unpaired) electrons. The van der Waals surface area contributed by atoms with Crippen LogP contribution in [0.25, 0.3) is 0 Å². The zero-order valence-corrected chi connectivity index (χ0v) is 8.93. The Morgan fingerprint density at radius 1 is 1.13 bits per heavy atom. The van der Waals surface area contributed by atoms with E-state index in [0.29, 0.717) is 0 Å². The van der Waals surface area contributed by atoms with E-state index in [1.54, 1.807) is 18.6 Å². The van der Waals surface area contributed by atoms with Crippen LogP contribution in [-0.2, 0) is 6.42 Å². The molecule has 0 spiro atoms. The molecule has 1 unspecified atom stereocenters. The molecule has 0 saturated carbocycles. The molecule has 1 atom stereocenters. The second-order valence-electron chi connectivity index (χ2n) is 3.29. The lowest BCUT2D eigenvalue weighted by Crippen LogP contribution is -1.98. The Morgan fingerprint density at radius 3 is 2.60 bits per heavy atom. The van der Waals surface area contributed by atoms with Gasteiger partial charge in [-0.15, -0.1) is 11.6 Å². The Hall–Kier alpha value is -1.41. The highest BCUT2D eigenvalue weighted by molar-refractivity contribution is 6.20. The van der Waals surface area contributed by atoms with Crippen LogP contribution in [0.1, 0.15) is 16.6 Å². The Kier molecular flexibility index (Phi) is 3.30. The number of benzene rings is 1. The van der Waals surface area contributed by atoms with E-state index in [1.165, 1.54) is 5.56 Å². The second kappa shape index (κ2) is 4.89. The molecule has 2 rings (SSSR count). The van der Waals surface area contributed by atoms with Crippen LogP contribution in [0.4, 0.5) is 0 Å². The Morgan fingerprint density at radius 2 is 1.93 bits per heavy atom. The zero-order chi connectivity index (χ0) is 10.5. The van der Waals surface area contributed by atoms with Crippen molar-refractivity contribution in [1.82, 2.24) is 9.97 Å². The first kappa shape index (κ1) is 10.1. The van der Waals surface area contributed by atoms with Crippen molar-refractivity contribution in [3.05, 3.63) is 60.2 Å². The summed E-state index contributed by atoms with van der Waals surface area (Å²) >= 11 is 6.24. The molecule has 1 aromatic carbocycles. The van der Waals surface area contributed by atoms with Crippen molar-refractivity contribution in [2.24, 2.45) is 0 Å². The fraction of sp³-hybridized carbons (Fsp3) is 0.167. The molecule has 0 fully saturated rings. The third kappa shape index (κ3) is 2.77. The van der Waals surface area contributed by atoms with Gasteiger partial charge in [0.05, 0.1) is 11.1 Å². The van der Waals surface area contributed by atoms with Crippen LogP contribution < -0.4 is 0 Å². The van der Waals surface area contributed by atoms with Gasteiger partial charge in [0.15, 0.2) is 0 Å². The summed E-state index contributed by atoms with van der Waals surface area (Å²) < 4.78 is 0. The van der Waals surface area contributed by atoms with Crippen molar-refractivity contribution in [2.45, 2.75) is 11.8 Å². The van der Waals surface area contributed by atoms with Crippen LogP contribution in [0, 0.1) is 0 Å². The average Bonchev–Trinajstić information content (AvgIpc) is 2.31. The topological polar surface area (TPSA) is 25.8 Å². The number of hydrogen-bond donors (Lipinski definition) is 0. The third-order valence-electron chi connectivity index (χ3n) is 2.16. The zero-order valence-electron chi connectivity index (χ0n) is 8.18. The summed E-state index contributed by atoms with van der Waals surface area (Å²) in [6.45, 7) is 0. The third-order valence-corrected chi connectivity index (χ3v) is 2.54. The Balaban J connectivity index is 2.08. The maximum atomic E-state index is 6.24. The number of alkyl halides is 1. The lowest BCUT2D eigenvalue weighted by molar-refractivity contribution is 0.864. The van der Waals surface area contributed by atoms with Gasteiger partial charge in [0.2, 0.25) is 0 Å². The quantitative estimate of drug-likeness (QED) is 0.741. The van der Waals surface area contributed by atoms with Gasteiger partial charge in [-0.25, -0.2) is 0 Å². The molecule has 2 nitrogen and oxygen atoms in total. The first-order valence-corrected chi connectivity index (χ1v) is 5.24. The summed E-state index contributed by atoms with van der Waals surface area (Å²) in [5.41, 5.74) is 2.03. The number of halogens is 1. The largest absolute Gasteiger partial charge is 0.261 e. The molecule has 15 heavy (non-hydrogen) atoms. The summed E-state index contributed by atoms with van der Waals surface area (Å²) in [5.74, 6) is 0. The number of hydrogen-bond acceptors (Lipinski definition) is 2. The molecule has 2 aromatic rings. The van der Waals surface area contributed by atoms with Gasteiger partial charge in [-0.2, -0.15) is 0 Å². The molecule has 0 aliphatic heterocycles. The Bertz CT molecular complexity index is 402. The van der Waals surface area contributed by atoms with Crippen molar-refractivity contribution in [3.8, 4) is 0 Å². The van der Waals surface area contributed by atoms with E-state index in [1.807, 2.05) is 18.2 Å². The standard InChI is InChI=1S/C12H11ClN2/c13-11(12-9-14-6-7-15-12)8-10-4-2-1-3-5-10/h1-7,9,11H,8H2. The minimum Gasteiger partial charge on any atom is -0.261 e. The highest BCUT2D eigenvalue weighted by Gasteiger charge is 2.09. The van der Waals surface area contributed by atoms with Gasteiger partial charge in [0.1, 0.15) is 0 Å². The smallest absolute Gasteiger partial charge is 0.0813 e. The van der Waals surface area contributed by atoms with Crippen LogP contribution >= 0.6 is 11.6 Å². The normalized spacial score (nSPS) is 12.3. The van der Waals surface area contributed by atoms with Crippen molar-refractivity contribution >= 4 is 11.6 Å². The summed E-state index contributed by atoms with van der Waals surface area (Å²) in [6.07, 6.45) is 5.80. The van der Waals surface area contributed by atoms with Crippen molar-refractivity contribution in [3.63, 3.8) is 0 Å². The molecule has 0 saturated heterocycles. The molecule has 0 aliphatic rings. The molecule has 0 bridgehead atoms. The molecule has 0 amide bonds. The molecular formula is C12H11ClN2. The van der Waals surface area contributed by atoms with Gasteiger partial charge in [-0.3, -0.25) is 9.97 Å². The number of aromatic nitrogens is 2. The van der Waals surface area contributed by atoms with E-state index in [-0.39, 0.29) is 5.38 Å². The minimum absolute atomic E-state index is 0.110. The molecule has 1 heterocycles. The van der Waals surface area contributed by atoms with Crippen LogP contribution in [0.2, 0.25) is 0 Å². The van der Waals surface area contributed by atoms with Gasteiger partial charge in [-0.1, -0.05) is 30.3 Å². The van der Waals surface area contributed by atoms with Gasteiger partial charge >= 0.3 is 0 Å². The fourth-order valence-electron chi connectivity index (χ4n) is 1.40. The fourth-order valence-corrected chi connectivity index (χ4v) is 1.69. The SMILES string of the molecule is ClC(Cc1ccccc1)c1cnccn1. The number of rotatable bonds is 3. The van der Waals surface area contributed by atoms with Gasteiger partial charge < -0.3 is 0 Å². The molecule has 1 aromatic heterocycles. The highest BCUT2D eigenvalue weighted by Crippen LogP contribution is 2.22. The Labute approximate surface area is 94.0 Å². The second-order valence-corrected chi connectivity index (χ2v) is 3.81. The van der Waals surface area contributed by atoms with Gasteiger partial charge in [0.25, 0.3) is 0 Å². The van der Waals surface area contributed by atoms with E-state index in [9.17, 15) is 0 Å². The summed E-state index contributed by atoms with van der Waals surface area (Å²) in [6, 6.07) is 10.1. The van der Waals surface area contributed by atoms with Crippen LogP contribution in [0.3, 0.4) is 0 Å². The monoisotopic (exact) mass is 218 g/mol. The van der Waals surface area contributed by atoms with Crippen molar-refractivity contribution in [1.29, 1.82) is 0 Å². The van der Waals surface area contributed by atoms with Crippen LogP contribution in [0.5, 0.6) is 0 Å². The van der Waals surface area contributed by atoms with Gasteiger partial charge in [0, 0.05) is 18.6 Å². The van der Waals surface area contributed by atoms with E-state index < -0.39 is 0 Å². The molecule has 0 N–H and O–H groups in total. The molecular weight excluding hydrogens is 208 g/mol. The lowest BCUT2D eigenvalue weighted by atomic mass is 10.1. The first-order valence-electron chi connectivity index (χ1n) is 4.80. The average molecular weight is 219 g/mol. The number of nitrogens with zero attached hydrogens (tertiary/aromatic N) is 2. The van der Waals surface area contributed by atoms with E-state index in [2.05, 4.69) is 22.1 Å². The minimum atomic E-state index is -0.110. The van der Waals surface area contributed by atoms with Crippen molar-refractivity contribution < 1.29 is 0 Å². The summed E-state index contributed by atoms with van der Waals surface area (Å²) in [4.78, 5) is 8.18. The molecule has 0 aliphatic carbocycles. The summed E-state index contributed by atoms with van der Waals surface area (Å²) in [7, 11) is 0. The van der Waals surface area contributed by atoms with E-state index in [4.69, 9.17) is 11.6 Å². The lowest BCUT2D eigenvalue weighted by Gasteiger charge is -2.07. The predicted molar refractivity (Wildman–Crippen MR) is 60.8 cm³/mol. The van der Waals surface area contributed by atoms with Crippen LogP contribution in [-0.4, -0.2) is 9.97 Å². The molecule has 76 valence electrons. The first-order chi connectivity index (χ1) is 7.36. The maximum absolute atomic E-state index is 6.24. The van der Waals surface area contributed by atoms with Gasteiger partial charge in [-0.05, 0) is 12.0 Å². The van der Waals surface area contributed by atoms with Crippen LogP contribution in [0.15, 0.2) is 48.9 Å². The van der Waals surface area contributed by atoms with E-state index in [0.717, 1.165) is 12.1 Å². The highest BCUT2D eigenvalue weighted by atomic mass is 35.5. The molecule has 3 heteroatoms. The summed E-state index contributed by atoms with van der Waals surface area (Å²) in [5, 5.41) is -0.110.